The van der Waals surface area contributed by atoms with Crippen molar-refractivity contribution in [1.29, 1.82) is 0 Å². The highest BCUT2D eigenvalue weighted by atomic mass is 16.4. The summed E-state index contributed by atoms with van der Waals surface area (Å²) in [5, 5.41) is 12.2. The Kier molecular flexibility index (Phi) is 6.99. The van der Waals surface area contributed by atoms with Gasteiger partial charge >= 0.3 is 0 Å². The van der Waals surface area contributed by atoms with Crippen molar-refractivity contribution in [2.75, 3.05) is 18.0 Å². The molecule has 0 bridgehead atoms. The fraction of sp³-hybridized carbons (Fsp3) is 0.625. The van der Waals surface area contributed by atoms with E-state index >= 15 is 0 Å². The smallest absolute Gasteiger partial charge is 0.174 e. The average molecular weight is 292 g/mol. The van der Waals surface area contributed by atoms with Gasteiger partial charge in [0, 0.05) is 18.8 Å². The van der Waals surface area contributed by atoms with Gasteiger partial charge < -0.3 is 15.8 Å². The second-order valence-electron chi connectivity index (χ2n) is 5.42. The van der Waals surface area contributed by atoms with Crippen LogP contribution in [0.25, 0.3) is 0 Å². The van der Waals surface area contributed by atoms with Crippen molar-refractivity contribution >= 4 is 11.5 Å². The molecule has 0 aliphatic carbocycles. The van der Waals surface area contributed by atoms with Gasteiger partial charge in [-0.3, -0.25) is 4.98 Å². The lowest BCUT2D eigenvalue weighted by Crippen LogP contribution is -2.30. The molecule has 0 spiro atoms. The Balaban J connectivity index is 3.26. The number of anilines is 1. The largest absolute Gasteiger partial charge is 0.409 e. The van der Waals surface area contributed by atoms with E-state index in [0.717, 1.165) is 61.4 Å². The van der Waals surface area contributed by atoms with Crippen molar-refractivity contribution in [3.8, 4) is 0 Å². The maximum atomic E-state index is 9.06. The molecule has 5 nitrogen and oxygen atoms in total. The molecule has 118 valence electrons. The highest BCUT2D eigenvalue weighted by molar-refractivity contribution is 6.03. The summed E-state index contributed by atoms with van der Waals surface area (Å²) in [4.78, 5) is 6.78. The third kappa shape index (κ3) is 4.62. The van der Waals surface area contributed by atoms with E-state index in [1.807, 2.05) is 19.9 Å². The Morgan fingerprint density at radius 3 is 2.29 bits per heavy atom. The van der Waals surface area contributed by atoms with E-state index in [-0.39, 0.29) is 5.84 Å². The summed E-state index contributed by atoms with van der Waals surface area (Å²) in [5.41, 5.74) is 9.40. The van der Waals surface area contributed by atoms with Crippen molar-refractivity contribution in [3.05, 3.63) is 23.0 Å². The topological polar surface area (TPSA) is 74.7 Å². The van der Waals surface area contributed by atoms with Crippen LogP contribution in [0, 0.1) is 13.8 Å². The maximum Gasteiger partial charge on any atom is 0.174 e. The predicted molar refractivity (Wildman–Crippen MR) is 88.3 cm³/mol. The Labute approximate surface area is 127 Å². The zero-order valence-electron chi connectivity index (χ0n) is 13.7. The number of rotatable bonds is 8. The molecule has 0 aliphatic heterocycles. The molecule has 0 radical (unpaired) electrons. The van der Waals surface area contributed by atoms with Crippen molar-refractivity contribution in [1.82, 2.24) is 4.98 Å². The second-order valence-corrected chi connectivity index (χ2v) is 5.42. The number of aromatic nitrogens is 1. The van der Waals surface area contributed by atoms with Crippen LogP contribution in [0.3, 0.4) is 0 Å². The average Bonchev–Trinajstić information content (AvgIpc) is 2.46. The van der Waals surface area contributed by atoms with Crippen molar-refractivity contribution in [2.45, 2.75) is 53.4 Å². The van der Waals surface area contributed by atoms with E-state index in [0.29, 0.717) is 0 Å². The minimum Gasteiger partial charge on any atom is -0.409 e. The lowest BCUT2D eigenvalue weighted by molar-refractivity contribution is 0.318. The van der Waals surface area contributed by atoms with Gasteiger partial charge in [-0.2, -0.15) is 0 Å². The number of oxime groups is 1. The van der Waals surface area contributed by atoms with Crippen LogP contribution in [0.4, 0.5) is 5.69 Å². The van der Waals surface area contributed by atoms with E-state index in [9.17, 15) is 0 Å². The fourth-order valence-corrected chi connectivity index (χ4v) is 2.47. The quantitative estimate of drug-likeness (QED) is 0.334. The van der Waals surface area contributed by atoms with Crippen molar-refractivity contribution in [2.24, 2.45) is 10.9 Å². The van der Waals surface area contributed by atoms with Gasteiger partial charge in [0.1, 0.15) is 0 Å². The molecule has 0 fully saturated rings. The van der Waals surface area contributed by atoms with Gasteiger partial charge in [-0.1, -0.05) is 31.8 Å². The Morgan fingerprint density at radius 1 is 1.24 bits per heavy atom. The highest BCUT2D eigenvalue weighted by Crippen LogP contribution is 2.25. The highest BCUT2D eigenvalue weighted by Gasteiger charge is 2.17. The van der Waals surface area contributed by atoms with Crippen LogP contribution in [0.5, 0.6) is 0 Å². The lowest BCUT2D eigenvalue weighted by atomic mass is 10.1. The van der Waals surface area contributed by atoms with Crippen LogP contribution >= 0.6 is 0 Å². The number of hydrogen-bond donors (Lipinski definition) is 2. The predicted octanol–water partition coefficient (Wildman–Crippen LogP) is 3.20. The molecule has 1 rings (SSSR count). The third-order valence-corrected chi connectivity index (χ3v) is 3.58. The van der Waals surface area contributed by atoms with Gasteiger partial charge in [0.25, 0.3) is 0 Å². The van der Waals surface area contributed by atoms with Crippen LogP contribution < -0.4 is 10.6 Å². The van der Waals surface area contributed by atoms with Crippen LogP contribution in [0.1, 0.15) is 56.5 Å². The molecule has 0 aromatic carbocycles. The van der Waals surface area contributed by atoms with Gasteiger partial charge in [0.15, 0.2) is 5.84 Å². The minimum atomic E-state index is 0.132. The van der Waals surface area contributed by atoms with E-state index in [1.165, 1.54) is 0 Å². The summed E-state index contributed by atoms with van der Waals surface area (Å²) in [7, 11) is 0. The molecule has 0 amide bonds. The first-order chi connectivity index (χ1) is 10.0. The molecule has 0 atom stereocenters. The number of nitrogens with two attached hydrogens (primary N) is 1. The molecule has 0 aliphatic rings. The normalized spacial score (nSPS) is 11.7. The summed E-state index contributed by atoms with van der Waals surface area (Å²) in [6.45, 7) is 10.2. The maximum absolute atomic E-state index is 9.06. The lowest BCUT2D eigenvalue weighted by Gasteiger charge is -2.27. The van der Waals surface area contributed by atoms with E-state index in [1.54, 1.807) is 0 Å². The van der Waals surface area contributed by atoms with Gasteiger partial charge in [-0.15, -0.1) is 0 Å². The standard InChI is InChI=1S/C16H28N4O/c1-5-7-9-20(10-8-6-2)14-11-12(3)18-13(4)15(14)16(17)19-21/h11,21H,5-10H2,1-4H3,(H2,17,19). The van der Waals surface area contributed by atoms with Gasteiger partial charge in [-0.25, -0.2) is 0 Å². The number of pyridine rings is 1. The number of hydrogen-bond acceptors (Lipinski definition) is 4. The van der Waals surface area contributed by atoms with Gasteiger partial charge in [0.05, 0.1) is 16.9 Å². The first kappa shape index (κ1) is 17.3. The SMILES string of the molecule is CCCCN(CCCC)c1cc(C)nc(C)c1/C(N)=N/O. The molecular formula is C16H28N4O. The first-order valence-electron chi connectivity index (χ1n) is 7.76. The molecule has 1 aromatic heterocycles. The summed E-state index contributed by atoms with van der Waals surface area (Å²) in [6, 6.07) is 2.03. The van der Waals surface area contributed by atoms with Crippen LogP contribution in [0.2, 0.25) is 0 Å². The van der Waals surface area contributed by atoms with Gasteiger partial charge in [-0.05, 0) is 32.8 Å². The van der Waals surface area contributed by atoms with Crippen LogP contribution in [-0.4, -0.2) is 29.1 Å². The van der Waals surface area contributed by atoms with Crippen LogP contribution in [0.15, 0.2) is 11.2 Å². The van der Waals surface area contributed by atoms with Crippen LogP contribution in [-0.2, 0) is 0 Å². The monoisotopic (exact) mass is 292 g/mol. The van der Waals surface area contributed by atoms with Crippen molar-refractivity contribution in [3.63, 3.8) is 0 Å². The minimum absolute atomic E-state index is 0.132. The van der Waals surface area contributed by atoms with E-state index in [2.05, 4.69) is 28.9 Å². The van der Waals surface area contributed by atoms with E-state index < -0.39 is 0 Å². The number of nitrogens with zero attached hydrogens (tertiary/aromatic N) is 3. The molecule has 0 saturated heterocycles. The fourth-order valence-electron chi connectivity index (χ4n) is 2.47. The summed E-state index contributed by atoms with van der Waals surface area (Å²) < 4.78 is 0. The Hall–Kier alpha value is -1.78. The number of unbranched alkanes of at least 4 members (excludes halogenated alkanes) is 2. The Bertz CT molecular complexity index is 477. The molecule has 0 saturated carbocycles. The number of amidine groups is 1. The van der Waals surface area contributed by atoms with Crippen molar-refractivity contribution < 1.29 is 5.21 Å². The van der Waals surface area contributed by atoms with Gasteiger partial charge in [0.2, 0.25) is 0 Å². The Morgan fingerprint density at radius 2 is 1.81 bits per heavy atom. The molecule has 0 unspecified atom stereocenters. The summed E-state index contributed by atoms with van der Waals surface area (Å²) >= 11 is 0. The summed E-state index contributed by atoms with van der Waals surface area (Å²) in [6.07, 6.45) is 4.54. The molecule has 1 heterocycles. The first-order valence-corrected chi connectivity index (χ1v) is 7.76. The summed E-state index contributed by atoms with van der Waals surface area (Å²) in [5.74, 6) is 0.132. The third-order valence-electron chi connectivity index (χ3n) is 3.58. The molecule has 1 aromatic rings. The molecular weight excluding hydrogens is 264 g/mol. The zero-order valence-corrected chi connectivity index (χ0v) is 13.7. The molecule has 3 N–H and O–H groups in total. The molecule has 21 heavy (non-hydrogen) atoms. The number of aryl methyl sites for hydroxylation is 2. The zero-order chi connectivity index (χ0) is 15.8. The van der Waals surface area contributed by atoms with E-state index in [4.69, 9.17) is 10.9 Å². The molecule has 5 heteroatoms. The second kappa shape index (κ2) is 8.49.